The summed E-state index contributed by atoms with van der Waals surface area (Å²) in [5, 5.41) is 23.5. The number of fused-ring (bicyclic) bond motifs is 7. The summed E-state index contributed by atoms with van der Waals surface area (Å²) in [4.78, 5) is 12.6. The number of hydrogen-bond donors (Lipinski definition) is 1. The van der Waals surface area contributed by atoms with Crippen molar-refractivity contribution in [2.75, 3.05) is 0 Å². The Bertz CT molecular complexity index is 885. The van der Waals surface area contributed by atoms with E-state index >= 15 is 0 Å². The van der Waals surface area contributed by atoms with Gasteiger partial charge in [0.2, 0.25) is 0 Å². The molecule has 0 unspecified atom stereocenters. The number of carbonyl (C=O) groups is 1. The Morgan fingerprint density at radius 3 is 2.24 bits per heavy atom. The first kappa shape index (κ1) is 23.9. The lowest BCUT2D eigenvalue weighted by molar-refractivity contribution is -0.327. The molecule has 0 aromatic heterocycles. The average molecular weight is 456 g/mol. The molecule has 3 heteroatoms. The highest BCUT2D eigenvalue weighted by Gasteiger charge is 2.68. The zero-order valence-corrected chi connectivity index (χ0v) is 22.2. The van der Waals surface area contributed by atoms with E-state index in [-0.39, 0.29) is 39.1 Å². The maximum Gasteiger partial charge on any atom is 0.0594 e. The van der Waals surface area contributed by atoms with Gasteiger partial charge in [0.1, 0.15) is 0 Å². The fourth-order valence-electron chi connectivity index (χ4n) is 10.6. The van der Waals surface area contributed by atoms with E-state index < -0.39 is 11.4 Å². The number of carbonyl (C=O) groups excluding carboxylic acids is 1. The third-order valence-corrected chi connectivity index (χ3v) is 13.0. The zero-order valence-electron chi connectivity index (χ0n) is 22.2. The van der Waals surface area contributed by atoms with Gasteiger partial charge >= 0.3 is 0 Å². The molecule has 0 amide bonds. The van der Waals surface area contributed by atoms with Gasteiger partial charge in [0.25, 0.3) is 0 Å². The van der Waals surface area contributed by atoms with E-state index in [9.17, 15) is 15.0 Å². The molecule has 5 aliphatic carbocycles. The van der Waals surface area contributed by atoms with Crippen LogP contribution in [-0.2, 0) is 4.79 Å². The molecule has 0 heterocycles. The molecule has 8 atom stereocenters. The maximum absolute atomic E-state index is 12.6. The number of hydrogen-bond acceptors (Lipinski definition) is 3. The van der Waals surface area contributed by atoms with Gasteiger partial charge in [-0.1, -0.05) is 60.1 Å². The first-order valence-electron chi connectivity index (χ1n) is 13.7. The van der Waals surface area contributed by atoms with Crippen LogP contribution >= 0.6 is 0 Å². The second-order valence-corrected chi connectivity index (χ2v) is 15.0. The lowest BCUT2D eigenvalue weighted by Crippen LogP contribution is -2.65. The summed E-state index contributed by atoms with van der Waals surface area (Å²) in [6.45, 7) is 16.8. The average Bonchev–Trinajstić information content (AvgIpc) is 2.71. The van der Waals surface area contributed by atoms with Gasteiger partial charge < -0.3 is 15.0 Å². The number of allylic oxidation sites excluding steroid dienone is 2. The van der Waals surface area contributed by atoms with Gasteiger partial charge in [-0.05, 0) is 109 Å². The molecule has 4 fully saturated rings. The van der Waals surface area contributed by atoms with Crippen LogP contribution in [0, 0.1) is 50.2 Å². The van der Waals surface area contributed by atoms with Crippen LogP contribution in [0.15, 0.2) is 11.6 Å². The minimum atomic E-state index is -0.795. The van der Waals surface area contributed by atoms with Crippen molar-refractivity contribution < 1.29 is 15.0 Å². The Kier molecular flexibility index (Phi) is 4.99. The summed E-state index contributed by atoms with van der Waals surface area (Å²) in [5.74, 6) is 0.469. The lowest BCUT2D eigenvalue weighted by Gasteiger charge is -2.71. The smallest absolute Gasteiger partial charge is 0.0594 e. The number of aliphatic carboxylic acids is 1. The van der Waals surface area contributed by atoms with E-state index in [1.807, 2.05) is 0 Å². The van der Waals surface area contributed by atoms with Crippen molar-refractivity contribution in [3.05, 3.63) is 11.6 Å². The highest BCUT2D eigenvalue weighted by Crippen LogP contribution is 2.75. The lowest BCUT2D eigenvalue weighted by atomic mass is 9.33. The van der Waals surface area contributed by atoms with Crippen LogP contribution in [0.1, 0.15) is 113 Å². The summed E-state index contributed by atoms with van der Waals surface area (Å²) in [7, 11) is 0. The van der Waals surface area contributed by atoms with Crippen molar-refractivity contribution in [2.24, 2.45) is 50.2 Å². The number of aliphatic hydroxyl groups is 1. The molecule has 0 bridgehead atoms. The van der Waals surface area contributed by atoms with Crippen molar-refractivity contribution in [1.82, 2.24) is 0 Å². The van der Waals surface area contributed by atoms with E-state index in [2.05, 4.69) is 54.5 Å². The largest absolute Gasteiger partial charge is 0.550 e. The standard InChI is InChI=1S/C30H48O3/c1-25(2)14-16-30(24(32)33)17-15-28(6)19(20(30)18-25)8-9-22-27(5)12-11-23(31)26(3,4)21(27)10-13-29(22,28)7/h8,20-23,31H,9-18H2,1-7H3,(H,32,33)/p-1/t20-,21+,22-,23+,27+,28-,29-,30+/m1/s1. The number of aliphatic hydroxyl groups excluding tert-OH is 1. The third-order valence-electron chi connectivity index (χ3n) is 13.0. The van der Waals surface area contributed by atoms with Crippen molar-refractivity contribution in [3.8, 4) is 0 Å². The normalized spacial score (nSPS) is 52.4. The highest BCUT2D eigenvalue weighted by molar-refractivity contribution is 5.74. The molecule has 0 spiro atoms. The second kappa shape index (κ2) is 6.89. The minimum Gasteiger partial charge on any atom is -0.550 e. The maximum atomic E-state index is 12.6. The van der Waals surface area contributed by atoms with E-state index in [1.165, 1.54) is 18.4 Å². The molecule has 0 aromatic rings. The van der Waals surface area contributed by atoms with Crippen LogP contribution in [-0.4, -0.2) is 17.2 Å². The molecule has 3 nitrogen and oxygen atoms in total. The van der Waals surface area contributed by atoms with Gasteiger partial charge in [0.05, 0.1) is 6.10 Å². The summed E-state index contributed by atoms with van der Waals surface area (Å²) >= 11 is 0. The molecular weight excluding hydrogens is 408 g/mol. The van der Waals surface area contributed by atoms with E-state index in [4.69, 9.17) is 0 Å². The Hall–Kier alpha value is -0.830. The molecule has 5 rings (SSSR count). The number of carboxylic acids is 1. The molecule has 186 valence electrons. The highest BCUT2D eigenvalue weighted by atomic mass is 16.4. The molecule has 4 saturated carbocycles. The number of rotatable bonds is 1. The van der Waals surface area contributed by atoms with Crippen LogP contribution in [0.25, 0.3) is 0 Å². The van der Waals surface area contributed by atoms with Crippen LogP contribution in [0.4, 0.5) is 0 Å². The van der Waals surface area contributed by atoms with E-state index in [0.29, 0.717) is 11.8 Å². The third kappa shape index (κ3) is 2.87. The predicted octanol–water partition coefficient (Wildman–Crippen LogP) is 5.90. The molecule has 33 heavy (non-hydrogen) atoms. The zero-order chi connectivity index (χ0) is 24.2. The van der Waals surface area contributed by atoms with Crippen LogP contribution < -0.4 is 5.11 Å². The quantitative estimate of drug-likeness (QED) is 0.501. The summed E-state index contributed by atoms with van der Waals surface area (Å²) in [6.07, 6.45) is 12.3. The predicted molar refractivity (Wildman–Crippen MR) is 130 cm³/mol. The monoisotopic (exact) mass is 455 g/mol. The van der Waals surface area contributed by atoms with Gasteiger partial charge in [-0.3, -0.25) is 0 Å². The van der Waals surface area contributed by atoms with Gasteiger partial charge in [-0.15, -0.1) is 0 Å². The number of carboxylic acid groups (broad SMARTS) is 1. The van der Waals surface area contributed by atoms with Crippen molar-refractivity contribution in [1.29, 1.82) is 0 Å². The van der Waals surface area contributed by atoms with Gasteiger partial charge in [0, 0.05) is 11.4 Å². The summed E-state index contributed by atoms with van der Waals surface area (Å²) in [6, 6.07) is 0. The Morgan fingerprint density at radius 1 is 0.909 bits per heavy atom. The Morgan fingerprint density at radius 2 is 1.58 bits per heavy atom. The van der Waals surface area contributed by atoms with Crippen molar-refractivity contribution in [2.45, 2.75) is 119 Å². The first-order chi connectivity index (χ1) is 15.1. The van der Waals surface area contributed by atoms with E-state index in [0.717, 1.165) is 51.4 Å². The van der Waals surface area contributed by atoms with Crippen molar-refractivity contribution >= 4 is 5.97 Å². The fraction of sp³-hybridized carbons (Fsp3) is 0.900. The summed E-state index contributed by atoms with van der Waals surface area (Å²) in [5.41, 5.74) is 1.43. The molecule has 5 aliphatic rings. The molecular formula is C30H47O3-. The van der Waals surface area contributed by atoms with Crippen LogP contribution in [0.3, 0.4) is 0 Å². The topological polar surface area (TPSA) is 60.4 Å². The van der Waals surface area contributed by atoms with E-state index in [1.54, 1.807) is 0 Å². The van der Waals surface area contributed by atoms with Crippen molar-refractivity contribution in [3.63, 3.8) is 0 Å². The molecule has 0 saturated heterocycles. The SMILES string of the molecule is CC1(C)CC[C@]2(C(=O)[O-])CC[C@]3(C)C(=CC[C@@H]4[C@@]5(C)CC[C@H](O)C(C)(C)[C@@H]5CC[C@]43C)[C@H]2C1. The van der Waals surface area contributed by atoms with Gasteiger partial charge in [-0.25, -0.2) is 0 Å². The molecule has 1 N–H and O–H groups in total. The Balaban J connectivity index is 1.60. The van der Waals surface area contributed by atoms with Crippen LogP contribution in [0.2, 0.25) is 0 Å². The summed E-state index contributed by atoms with van der Waals surface area (Å²) < 4.78 is 0. The van der Waals surface area contributed by atoms with Gasteiger partial charge in [0.15, 0.2) is 0 Å². The fourth-order valence-corrected chi connectivity index (χ4v) is 10.6. The minimum absolute atomic E-state index is 0.0384. The second-order valence-electron chi connectivity index (χ2n) is 15.0. The van der Waals surface area contributed by atoms with Crippen LogP contribution in [0.5, 0.6) is 0 Å². The first-order valence-corrected chi connectivity index (χ1v) is 13.7. The Labute approximate surface area is 201 Å². The molecule has 0 aromatic carbocycles. The molecule has 0 radical (unpaired) electrons. The van der Waals surface area contributed by atoms with Gasteiger partial charge in [-0.2, -0.15) is 0 Å². The molecule has 0 aliphatic heterocycles.